The van der Waals surface area contributed by atoms with E-state index < -0.39 is 30.8 Å². The highest BCUT2D eigenvalue weighted by molar-refractivity contribution is 5.98. The second-order valence-corrected chi connectivity index (χ2v) is 4.06. The maximum absolute atomic E-state index is 12.2. The van der Waals surface area contributed by atoms with Crippen LogP contribution in [0.1, 0.15) is 15.9 Å². The number of pyridine rings is 1. The summed E-state index contributed by atoms with van der Waals surface area (Å²) in [5.74, 6) is 3.26. The second-order valence-electron chi connectivity index (χ2n) is 4.06. The summed E-state index contributed by atoms with van der Waals surface area (Å²) in [4.78, 5) is 39.0. The summed E-state index contributed by atoms with van der Waals surface area (Å²) in [6.45, 7) is -0.658. The van der Waals surface area contributed by atoms with Crippen molar-refractivity contribution in [2.75, 3.05) is 19.6 Å². The van der Waals surface area contributed by atoms with Gasteiger partial charge in [0.2, 0.25) is 11.8 Å². The van der Waals surface area contributed by atoms with Gasteiger partial charge in [-0.25, -0.2) is 0 Å². The lowest BCUT2D eigenvalue weighted by Crippen LogP contribution is -2.43. The summed E-state index contributed by atoms with van der Waals surface area (Å²) < 4.78 is 0. The van der Waals surface area contributed by atoms with Crippen LogP contribution >= 0.6 is 0 Å². The van der Waals surface area contributed by atoms with E-state index >= 15 is 0 Å². The molecule has 0 bridgehead atoms. The molecule has 0 atom stereocenters. The molecule has 110 valence electrons. The number of primary amides is 2. The fourth-order valence-corrected chi connectivity index (χ4v) is 1.54. The molecule has 0 saturated carbocycles. The van der Waals surface area contributed by atoms with Crippen molar-refractivity contribution in [3.8, 4) is 11.8 Å². The Morgan fingerprint density at radius 3 is 2.29 bits per heavy atom. The normalized spacial score (nSPS) is 9.38. The van der Waals surface area contributed by atoms with Gasteiger partial charge in [-0.05, 0) is 6.07 Å². The van der Waals surface area contributed by atoms with Crippen molar-refractivity contribution < 1.29 is 14.4 Å². The lowest BCUT2D eigenvalue weighted by molar-refractivity contribution is -0.121. The van der Waals surface area contributed by atoms with Crippen molar-refractivity contribution in [1.82, 2.24) is 9.88 Å². The first-order valence-electron chi connectivity index (χ1n) is 5.94. The maximum atomic E-state index is 12.2. The largest absolute Gasteiger partial charge is 0.368 e. The zero-order valence-electron chi connectivity index (χ0n) is 11.2. The lowest BCUT2D eigenvalue weighted by Gasteiger charge is -2.19. The van der Waals surface area contributed by atoms with Gasteiger partial charge < -0.3 is 22.1 Å². The highest BCUT2D eigenvalue weighted by atomic mass is 16.2. The highest BCUT2D eigenvalue weighted by Gasteiger charge is 2.20. The summed E-state index contributed by atoms with van der Waals surface area (Å²) >= 11 is 0. The van der Waals surface area contributed by atoms with Gasteiger partial charge in [0.1, 0.15) is 13.1 Å². The average molecular weight is 289 g/mol. The summed E-state index contributed by atoms with van der Waals surface area (Å²) in [6, 6.07) is 1.48. The van der Waals surface area contributed by atoms with Crippen LogP contribution in [-0.2, 0) is 9.59 Å². The van der Waals surface area contributed by atoms with Crippen LogP contribution in [0.5, 0.6) is 0 Å². The van der Waals surface area contributed by atoms with E-state index in [9.17, 15) is 14.4 Å². The quantitative estimate of drug-likeness (QED) is 0.527. The van der Waals surface area contributed by atoms with Crippen LogP contribution in [0.15, 0.2) is 18.5 Å². The molecule has 0 fully saturated rings. The molecule has 8 heteroatoms. The van der Waals surface area contributed by atoms with Crippen LogP contribution in [-0.4, -0.2) is 47.2 Å². The Labute approximate surface area is 121 Å². The molecule has 0 aliphatic rings. The smallest absolute Gasteiger partial charge is 0.256 e. The molecule has 0 spiro atoms. The number of carbonyl (C=O) groups is 3. The third-order valence-corrected chi connectivity index (χ3v) is 2.30. The fraction of sp³-hybridized carbons (Fsp3) is 0.231. The molecule has 0 aromatic carbocycles. The topological polar surface area (TPSA) is 145 Å². The van der Waals surface area contributed by atoms with Crippen LogP contribution in [0, 0.1) is 11.8 Å². The molecule has 8 nitrogen and oxygen atoms in total. The molecule has 6 N–H and O–H groups in total. The summed E-state index contributed by atoms with van der Waals surface area (Å²) in [5, 5.41) is 0. The zero-order chi connectivity index (χ0) is 15.8. The molecule has 0 unspecified atom stereocenters. The fourth-order valence-electron chi connectivity index (χ4n) is 1.54. The van der Waals surface area contributed by atoms with Gasteiger partial charge in [-0.2, -0.15) is 0 Å². The summed E-state index contributed by atoms with van der Waals surface area (Å²) in [6.07, 6.45) is 2.76. The van der Waals surface area contributed by atoms with Gasteiger partial charge in [-0.1, -0.05) is 11.8 Å². The predicted molar refractivity (Wildman–Crippen MR) is 74.5 cm³/mol. The molecule has 0 saturated heterocycles. The number of aromatic nitrogens is 1. The zero-order valence-corrected chi connectivity index (χ0v) is 11.2. The lowest BCUT2D eigenvalue weighted by atomic mass is 10.2. The Kier molecular flexibility index (Phi) is 5.85. The van der Waals surface area contributed by atoms with Crippen molar-refractivity contribution >= 4 is 17.7 Å². The first-order valence-corrected chi connectivity index (χ1v) is 5.94. The maximum Gasteiger partial charge on any atom is 0.256 e. The van der Waals surface area contributed by atoms with Gasteiger partial charge in [-0.15, -0.1) is 0 Å². The Hall–Kier alpha value is -2.92. The molecule has 0 radical (unpaired) electrons. The molecule has 1 aromatic heterocycles. The second kappa shape index (κ2) is 7.62. The van der Waals surface area contributed by atoms with Crippen molar-refractivity contribution in [2.24, 2.45) is 17.2 Å². The Balaban J connectivity index is 3.02. The Morgan fingerprint density at radius 1 is 1.14 bits per heavy atom. The van der Waals surface area contributed by atoms with E-state index in [1.807, 2.05) is 0 Å². The van der Waals surface area contributed by atoms with E-state index in [2.05, 4.69) is 16.8 Å². The molecule has 1 rings (SSSR count). The SMILES string of the molecule is NCC#Cc1cncc(C(=O)N(CC(N)=O)CC(N)=O)c1. The Morgan fingerprint density at radius 2 is 1.76 bits per heavy atom. The predicted octanol–water partition coefficient (Wildman–Crippen LogP) is -2.20. The standard InChI is InChI=1S/C13H15N5O3/c14-3-1-2-9-4-10(6-17-5-9)13(21)18(7-11(15)19)8-12(16)20/h4-6H,3,7-8,14H2,(H2,15,19)(H2,16,20). The van der Waals surface area contributed by atoms with Crippen molar-refractivity contribution in [1.29, 1.82) is 0 Å². The van der Waals surface area contributed by atoms with E-state index in [1.165, 1.54) is 18.5 Å². The van der Waals surface area contributed by atoms with Gasteiger partial charge in [0.05, 0.1) is 12.1 Å². The van der Waals surface area contributed by atoms with Gasteiger partial charge in [0, 0.05) is 18.0 Å². The van der Waals surface area contributed by atoms with Gasteiger partial charge in [0.25, 0.3) is 5.91 Å². The molecule has 1 heterocycles. The first kappa shape index (κ1) is 16.1. The Bertz CT molecular complexity index is 602. The van der Waals surface area contributed by atoms with Crippen LogP contribution in [0.25, 0.3) is 0 Å². The number of hydrogen-bond donors (Lipinski definition) is 3. The van der Waals surface area contributed by atoms with E-state index in [1.54, 1.807) is 0 Å². The number of nitrogens with zero attached hydrogens (tertiary/aromatic N) is 2. The van der Waals surface area contributed by atoms with Crippen molar-refractivity contribution in [3.63, 3.8) is 0 Å². The first-order chi connectivity index (χ1) is 9.93. The molecule has 21 heavy (non-hydrogen) atoms. The number of amides is 3. The monoisotopic (exact) mass is 289 g/mol. The molecule has 1 aromatic rings. The van der Waals surface area contributed by atoms with Gasteiger partial charge in [-0.3, -0.25) is 19.4 Å². The van der Waals surface area contributed by atoms with Gasteiger partial charge in [0.15, 0.2) is 0 Å². The minimum atomic E-state index is -0.753. The number of rotatable bonds is 5. The number of carbonyl (C=O) groups excluding carboxylic acids is 3. The van der Waals surface area contributed by atoms with Crippen LogP contribution in [0.2, 0.25) is 0 Å². The van der Waals surface area contributed by atoms with E-state index in [0.29, 0.717) is 5.56 Å². The van der Waals surface area contributed by atoms with E-state index in [4.69, 9.17) is 17.2 Å². The number of nitrogens with two attached hydrogens (primary N) is 3. The van der Waals surface area contributed by atoms with E-state index in [0.717, 1.165) is 4.90 Å². The highest BCUT2D eigenvalue weighted by Crippen LogP contribution is 2.06. The van der Waals surface area contributed by atoms with Crippen LogP contribution in [0.3, 0.4) is 0 Å². The third kappa shape index (κ3) is 5.30. The molecule has 0 aliphatic heterocycles. The van der Waals surface area contributed by atoms with E-state index in [-0.39, 0.29) is 12.1 Å². The van der Waals surface area contributed by atoms with Gasteiger partial charge >= 0.3 is 0 Å². The van der Waals surface area contributed by atoms with Crippen LogP contribution in [0.4, 0.5) is 0 Å². The molecule has 3 amide bonds. The molecule has 0 aliphatic carbocycles. The summed E-state index contributed by atoms with van der Waals surface area (Å²) in [5.41, 5.74) is 16.0. The summed E-state index contributed by atoms with van der Waals surface area (Å²) in [7, 11) is 0. The molecular formula is C13H15N5O3. The van der Waals surface area contributed by atoms with Crippen molar-refractivity contribution in [2.45, 2.75) is 0 Å². The van der Waals surface area contributed by atoms with Crippen LogP contribution < -0.4 is 17.2 Å². The van der Waals surface area contributed by atoms with Crippen molar-refractivity contribution in [3.05, 3.63) is 29.6 Å². The minimum Gasteiger partial charge on any atom is -0.368 e. The third-order valence-electron chi connectivity index (χ3n) is 2.30. The number of hydrogen-bond acceptors (Lipinski definition) is 5. The minimum absolute atomic E-state index is 0.168. The molecular weight excluding hydrogens is 274 g/mol. The average Bonchev–Trinajstić information content (AvgIpc) is 2.43.